The third-order valence-corrected chi connectivity index (χ3v) is 7.23. The minimum Gasteiger partial charge on any atom is -0.399 e. The van der Waals surface area contributed by atoms with E-state index >= 15 is 0 Å². The van der Waals surface area contributed by atoms with E-state index in [0.29, 0.717) is 0 Å². The number of nitrogen functional groups attached to an aromatic ring is 1. The van der Waals surface area contributed by atoms with Gasteiger partial charge in [-0.2, -0.15) is 0 Å². The molecule has 0 aliphatic heterocycles. The van der Waals surface area contributed by atoms with Crippen molar-refractivity contribution < 1.29 is 0 Å². The first kappa shape index (κ1) is 20.6. The van der Waals surface area contributed by atoms with Crippen molar-refractivity contribution >= 4 is 33.5 Å². The van der Waals surface area contributed by atoms with Gasteiger partial charge in [0.25, 0.3) is 0 Å². The summed E-state index contributed by atoms with van der Waals surface area (Å²) in [6.45, 7) is 6.85. The Bertz CT molecular complexity index is 1540. The summed E-state index contributed by atoms with van der Waals surface area (Å²) in [6, 6.07) is 37.0. The van der Waals surface area contributed by atoms with Crippen molar-refractivity contribution in [1.82, 2.24) is 0 Å². The van der Waals surface area contributed by atoms with Gasteiger partial charge >= 0.3 is 0 Å². The summed E-state index contributed by atoms with van der Waals surface area (Å²) >= 11 is 0. The van der Waals surface area contributed by atoms with Gasteiger partial charge < -0.3 is 10.6 Å². The Morgan fingerprint density at radius 1 is 0.647 bits per heavy atom. The van der Waals surface area contributed by atoms with Crippen LogP contribution in [0.5, 0.6) is 0 Å². The lowest BCUT2D eigenvalue weighted by Gasteiger charge is -2.29. The normalized spacial score (nSPS) is 13.5. The lowest BCUT2D eigenvalue weighted by atomic mass is 9.82. The summed E-state index contributed by atoms with van der Waals surface area (Å²) in [4.78, 5) is 2.35. The van der Waals surface area contributed by atoms with E-state index in [-0.39, 0.29) is 5.41 Å². The van der Waals surface area contributed by atoms with Crippen molar-refractivity contribution in [3.05, 3.63) is 120 Å². The maximum Gasteiger partial charge on any atom is 0.0540 e. The van der Waals surface area contributed by atoms with Crippen molar-refractivity contribution in [1.29, 1.82) is 0 Å². The summed E-state index contributed by atoms with van der Waals surface area (Å²) < 4.78 is 0. The molecule has 0 spiro atoms. The zero-order valence-corrected chi connectivity index (χ0v) is 19.8. The van der Waals surface area contributed by atoms with Crippen LogP contribution in [0.3, 0.4) is 0 Å². The molecule has 0 heterocycles. The molecule has 2 heteroatoms. The molecule has 0 atom stereocenters. The molecule has 1 aliphatic carbocycles. The number of hydrogen-bond donors (Lipinski definition) is 1. The van der Waals surface area contributed by atoms with Gasteiger partial charge in [-0.05, 0) is 77.0 Å². The summed E-state index contributed by atoms with van der Waals surface area (Å²) in [5, 5.41) is 2.45. The molecule has 1 aliphatic rings. The van der Waals surface area contributed by atoms with Crippen LogP contribution in [0.2, 0.25) is 0 Å². The molecule has 5 aromatic rings. The molecule has 0 unspecified atom stereocenters. The molecule has 0 radical (unpaired) electrons. The maximum atomic E-state index is 6.05. The van der Waals surface area contributed by atoms with E-state index < -0.39 is 0 Å². The van der Waals surface area contributed by atoms with Gasteiger partial charge in [0.15, 0.2) is 0 Å². The second kappa shape index (κ2) is 7.50. The van der Waals surface area contributed by atoms with Gasteiger partial charge in [0.2, 0.25) is 0 Å². The average Bonchev–Trinajstić information content (AvgIpc) is 3.07. The number of anilines is 4. The van der Waals surface area contributed by atoms with Crippen molar-refractivity contribution in [3.63, 3.8) is 0 Å². The van der Waals surface area contributed by atoms with Crippen molar-refractivity contribution in [2.45, 2.75) is 26.2 Å². The molecule has 5 aromatic carbocycles. The van der Waals surface area contributed by atoms with E-state index in [1.54, 1.807) is 0 Å². The number of hydrogen-bond acceptors (Lipinski definition) is 2. The highest BCUT2D eigenvalue weighted by Gasteiger charge is 2.36. The van der Waals surface area contributed by atoms with Crippen LogP contribution >= 0.6 is 0 Å². The molecule has 0 aromatic heterocycles. The van der Waals surface area contributed by atoms with E-state index in [9.17, 15) is 0 Å². The predicted molar refractivity (Wildman–Crippen MR) is 145 cm³/mol. The zero-order valence-electron chi connectivity index (χ0n) is 19.8. The number of benzene rings is 5. The topological polar surface area (TPSA) is 29.3 Å². The number of rotatable bonds is 3. The molecule has 2 nitrogen and oxygen atoms in total. The zero-order chi connectivity index (χ0) is 23.4. The lowest BCUT2D eigenvalue weighted by Crippen LogP contribution is -2.17. The first-order valence-electron chi connectivity index (χ1n) is 11.8. The van der Waals surface area contributed by atoms with Gasteiger partial charge in [0, 0.05) is 27.9 Å². The number of nitrogens with zero attached hydrogens (tertiary/aromatic N) is 1. The highest BCUT2D eigenvalue weighted by molar-refractivity contribution is 5.99. The largest absolute Gasteiger partial charge is 0.399 e. The smallest absolute Gasteiger partial charge is 0.0540 e. The third-order valence-electron chi connectivity index (χ3n) is 7.23. The van der Waals surface area contributed by atoms with Crippen LogP contribution < -0.4 is 10.6 Å². The van der Waals surface area contributed by atoms with E-state index in [2.05, 4.69) is 117 Å². The van der Waals surface area contributed by atoms with Crippen molar-refractivity contribution in [2.75, 3.05) is 10.6 Å². The molecule has 2 N–H and O–H groups in total. The highest BCUT2D eigenvalue weighted by Crippen LogP contribution is 2.51. The minimum absolute atomic E-state index is 0.0573. The quantitative estimate of drug-likeness (QED) is 0.285. The van der Waals surface area contributed by atoms with Gasteiger partial charge in [-0.25, -0.2) is 0 Å². The molecule has 0 saturated carbocycles. The van der Waals surface area contributed by atoms with Crippen LogP contribution in [0.4, 0.5) is 22.7 Å². The second-order valence-corrected chi connectivity index (χ2v) is 9.83. The first-order valence-corrected chi connectivity index (χ1v) is 11.8. The van der Waals surface area contributed by atoms with E-state index in [1.807, 2.05) is 12.1 Å². The molecule has 0 saturated heterocycles. The lowest BCUT2D eigenvalue weighted by molar-refractivity contribution is 0.660. The van der Waals surface area contributed by atoms with Crippen molar-refractivity contribution in [3.8, 4) is 11.1 Å². The Balaban J connectivity index is 1.59. The SMILES string of the molecule is Cc1ccc2c(c1)C(C)(C)c1cc(N(c3ccc(N)cc3)c3cccc4ccccc34)ccc1-2. The van der Waals surface area contributed by atoms with Crippen LogP contribution in [0.15, 0.2) is 103 Å². The number of aryl methyl sites for hydroxylation is 1. The van der Waals surface area contributed by atoms with Crippen LogP contribution in [-0.4, -0.2) is 0 Å². The summed E-state index contributed by atoms with van der Waals surface area (Å²) in [6.07, 6.45) is 0. The summed E-state index contributed by atoms with van der Waals surface area (Å²) in [5.41, 5.74) is 16.9. The fourth-order valence-electron chi connectivity index (χ4n) is 5.43. The Hall–Kier alpha value is -4.04. The minimum atomic E-state index is -0.0573. The number of fused-ring (bicyclic) bond motifs is 4. The Kier molecular flexibility index (Phi) is 4.53. The van der Waals surface area contributed by atoms with Gasteiger partial charge in [0.1, 0.15) is 0 Å². The van der Waals surface area contributed by atoms with E-state index in [4.69, 9.17) is 5.73 Å². The Labute approximate surface area is 201 Å². The van der Waals surface area contributed by atoms with E-state index in [1.165, 1.54) is 38.6 Å². The average molecular weight is 441 g/mol. The molecule has 0 fully saturated rings. The molecule has 6 rings (SSSR count). The second-order valence-electron chi connectivity index (χ2n) is 9.83. The maximum absolute atomic E-state index is 6.05. The molecule has 166 valence electrons. The van der Waals surface area contributed by atoms with Gasteiger partial charge in [-0.15, -0.1) is 0 Å². The molecule has 0 bridgehead atoms. The van der Waals surface area contributed by atoms with Crippen LogP contribution in [0, 0.1) is 6.92 Å². The van der Waals surface area contributed by atoms with Crippen LogP contribution in [0.1, 0.15) is 30.5 Å². The third kappa shape index (κ3) is 3.10. The van der Waals surface area contributed by atoms with Gasteiger partial charge in [0.05, 0.1) is 5.69 Å². The molecular weight excluding hydrogens is 412 g/mol. The molecular formula is C32H28N2. The standard InChI is InChI=1S/C32H28N2/c1-21-11-17-27-28-18-16-25(20-30(28)32(2,3)29(27)19-21)34(24-14-12-23(33)13-15-24)31-10-6-8-22-7-4-5-9-26(22)31/h4-20H,33H2,1-3H3. The van der Waals surface area contributed by atoms with Gasteiger partial charge in [-0.3, -0.25) is 0 Å². The molecule has 0 amide bonds. The first-order chi connectivity index (χ1) is 16.4. The fraction of sp³-hybridized carbons (Fsp3) is 0.125. The summed E-state index contributed by atoms with van der Waals surface area (Å²) in [7, 11) is 0. The number of nitrogens with two attached hydrogens (primary N) is 1. The summed E-state index contributed by atoms with van der Waals surface area (Å²) in [5.74, 6) is 0. The van der Waals surface area contributed by atoms with E-state index in [0.717, 1.165) is 22.7 Å². The van der Waals surface area contributed by atoms with Gasteiger partial charge in [-0.1, -0.05) is 80.1 Å². The highest BCUT2D eigenvalue weighted by atomic mass is 15.1. The van der Waals surface area contributed by atoms with Crippen LogP contribution in [0.25, 0.3) is 21.9 Å². The Morgan fingerprint density at radius 3 is 2.09 bits per heavy atom. The van der Waals surface area contributed by atoms with Crippen LogP contribution in [-0.2, 0) is 5.41 Å². The van der Waals surface area contributed by atoms with Crippen molar-refractivity contribution in [2.24, 2.45) is 0 Å². The molecule has 34 heavy (non-hydrogen) atoms. The predicted octanol–water partition coefficient (Wildman–Crippen LogP) is 8.51. The fourth-order valence-corrected chi connectivity index (χ4v) is 5.43. The monoisotopic (exact) mass is 440 g/mol. The Morgan fingerprint density at radius 2 is 1.29 bits per heavy atom.